The zero-order chi connectivity index (χ0) is 17.0. The van der Waals surface area contributed by atoms with Gasteiger partial charge in [-0.15, -0.1) is 11.6 Å². The zero-order valence-corrected chi connectivity index (χ0v) is 14.4. The Balaban J connectivity index is 2.24. The summed E-state index contributed by atoms with van der Waals surface area (Å²) in [6.45, 7) is 3.90. The SMILES string of the molecule is Cc1ccc(NS(=O)(=O)c2ccc(N=C(N)CCl)cc2)cc1C. The molecule has 0 aliphatic rings. The third-order valence-corrected chi connectivity index (χ3v) is 4.99. The van der Waals surface area contributed by atoms with E-state index in [4.69, 9.17) is 17.3 Å². The third-order valence-electron chi connectivity index (χ3n) is 3.32. The average Bonchev–Trinajstić information content (AvgIpc) is 2.51. The summed E-state index contributed by atoms with van der Waals surface area (Å²) in [4.78, 5) is 4.21. The monoisotopic (exact) mass is 351 g/mol. The zero-order valence-electron chi connectivity index (χ0n) is 12.9. The maximum Gasteiger partial charge on any atom is 0.261 e. The van der Waals surface area contributed by atoms with E-state index in [0.717, 1.165) is 11.1 Å². The molecule has 0 spiro atoms. The van der Waals surface area contributed by atoms with Crippen molar-refractivity contribution >= 4 is 38.8 Å². The van der Waals surface area contributed by atoms with Gasteiger partial charge in [-0.1, -0.05) is 6.07 Å². The van der Waals surface area contributed by atoms with E-state index in [-0.39, 0.29) is 16.6 Å². The number of anilines is 1. The van der Waals surface area contributed by atoms with E-state index in [2.05, 4.69) is 9.71 Å². The van der Waals surface area contributed by atoms with Crippen molar-refractivity contribution < 1.29 is 8.42 Å². The molecule has 0 radical (unpaired) electrons. The first kappa shape index (κ1) is 17.3. The number of hydrogen-bond donors (Lipinski definition) is 2. The van der Waals surface area contributed by atoms with Crippen molar-refractivity contribution in [1.82, 2.24) is 0 Å². The molecule has 0 saturated heterocycles. The lowest BCUT2D eigenvalue weighted by molar-refractivity contribution is 0.601. The molecule has 0 aromatic heterocycles. The van der Waals surface area contributed by atoms with Crippen LogP contribution in [0.4, 0.5) is 11.4 Å². The maximum atomic E-state index is 12.4. The number of aryl methyl sites for hydroxylation is 2. The van der Waals surface area contributed by atoms with Gasteiger partial charge in [0, 0.05) is 5.69 Å². The lowest BCUT2D eigenvalue weighted by Gasteiger charge is -2.10. The highest BCUT2D eigenvalue weighted by atomic mass is 35.5. The van der Waals surface area contributed by atoms with Gasteiger partial charge in [-0.3, -0.25) is 4.72 Å². The molecule has 0 fully saturated rings. The van der Waals surface area contributed by atoms with Crippen molar-refractivity contribution in [2.45, 2.75) is 18.7 Å². The number of alkyl halides is 1. The van der Waals surface area contributed by atoms with Crippen molar-refractivity contribution in [2.75, 3.05) is 10.6 Å². The van der Waals surface area contributed by atoms with Crippen molar-refractivity contribution in [2.24, 2.45) is 10.7 Å². The Morgan fingerprint density at radius 3 is 2.35 bits per heavy atom. The van der Waals surface area contributed by atoms with Gasteiger partial charge < -0.3 is 5.73 Å². The van der Waals surface area contributed by atoms with Crippen LogP contribution in [0.5, 0.6) is 0 Å². The summed E-state index contributed by atoms with van der Waals surface area (Å²) in [5, 5.41) is 0. The Labute approximate surface area is 141 Å². The van der Waals surface area contributed by atoms with Crippen LogP contribution >= 0.6 is 11.6 Å². The second-order valence-electron chi connectivity index (χ2n) is 5.14. The summed E-state index contributed by atoms with van der Waals surface area (Å²) in [6, 6.07) is 11.5. The van der Waals surface area contributed by atoms with Gasteiger partial charge in [0.25, 0.3) is 10.0 Å². The standard InChI is InChI=1S/C16H18ClN3O2S/c1-11-3-4-14(9-12(11)2)20-23(21,22)15-7-5-13(6-8-15)19-16(18)10-17/h3-9,20H,10H2,1-2H3,(H2,18,19). The summed E-state index contributed by atoms with van der Waals surface area (Å²) < 4.78 is 27.4. The number of nitrogens with two attached hydrogens (primary N) is 1. The topological polar surface area (TPSA) is 84.5 Å². The molecule has 0 aliphatic carbocycles. The first-order valence-corrected chi connectivity index (χ1v) is 8.93. The summed E-state index contributed by atoms with van der Waals surface area (Å²) in [5.41, 5.74) is 8.75. The van der Waals surface area contributed by atoms with Crippen LogP contribution in [0.15, 0.2) is 52.4 Å². The van der Waals surface area contributed by atoms with E-state index in [1.807, 2.05) is 19.9 Å². The number of rotatable bonds is 5. The Bertz CT molecular complexity index is 831. The van der Waals surface area contributed by atoms with Crippen LogP contribution in [-0.4, -0.2) is 20.1 Å². The minimum atomic E-state index is -3.65. The van der Waals surface area contributed by atoms with Crippen LogP contribution < -0.4 is 10.5 Å². The van der Waals surface area contributed by atoms with Crippen molar-refractivity contribution in [3.63, 3.8) is 0 Å². The number of halogens is 1. The lowest BCUT2D eigenvalue weighted by atomic mass is 10.1. The molecule has 0 saturated carbocycles. The Kier molecular flexibility index (Phi) is 5.28. The van der Waals surface area contributed by atoms with Gasteiger partial charge in [-0.25, -0.2) is 13.4 Å². The first-order chi connectivity index (χ1) is 10.8. The fraction of sp³-hybridized carbons (Fsp3) is 0.188. The largest absolute Gasteiger partial charge is 0.386 e. The summed E-state index contributed by atoms with van der Waals surface area (Å²) >= 11 is 5.56. The van der Waals surface area contributed by atoms with Crippen LogP contribution in [-0.2, 0) is 10.0 Å². The molecule has 0 unspecified atom stereocenters. The smallest absolute Gasteiger partial charge is 0.261 e. The molecule has 122 valence electrons. The summed E-state index contributed by atoms with van der Waals surface area (Å²) in [5.74, 6) is 0.393. The molecule has 3 N–H and O–H groups in total. The number of aliphatic imine (C=N–C) groups is 1. The minimum Gasteiger partial charge on any atom is -0.386 e. The van der Waals surface area contributed by atoms with Gasteiger partial charge in [0.15, 0.2) is 0 Å². The fourth-order valence-corrected chi connectivity index (χ4v) is 3.02. The number of hydrogen-bond acceptors (Lipinski definition) is 3. The maximum absolute atomic E-state index is 12.4. The molecule has 2 rings (SSSR count). The highest BCUT2D eigenvalue weighted by Gasteiger charge is 2.14. The predicted molar refractivity (Wildman–Crippen MR) is 95.2 cm³/mol. The van der Waals surface area contributed by atoms with Crippen LogP contribution in [0.3, 0.4) is 0 Å². The molecule has 5 nitrogen and oxygen atoms in total. The van der Waals surface area contributed by atoms with E-state index in [1.165, 1.54) is 12.1 Å². The Morgan fingerprint density at radius 2 is 1.78 bits per heavy atom. The highest BCUT2D eigenvalue weighted by Crippen LogP contribution is 2.21. The van der Waals surface area contributed by atoms with E-state index >= 15 is 0 Å². The van der Waals surface area contributed by atoms with Crippen LogP contribution in [0.2, 0.25) is 0 Å². The van der Waals surface area contributed by atoms with Gasteiger partial charge in [-0.2, -0.15) is 0 Å². The van der Waals surface area contributed by atoms with Crippen molar-refractivity contribution in [3.8, 4) is 0 Å². The number of amidine groups is 1. The fourth-order valence-electron chi connectivity index (χ4n) is 1.91. The second-order valence-corrected chi connectivity index (χ2v) is 7.08. The number of sulfonamides is 1. The normalized spacial score (nSPS) is 12.2. The quantitative estimate of drug-likeness (QED) is 0.492. The highest BCUT2D eigenvalue weighted by molar-refractivity contribution is 7.92. The minimum absolute atomic E-state index is 0.119. The van der Waals surface area contributed by atoms with Gasteiger partial charge in [-0.05, 0) is 61.4 Å². The number of benzene rings is 2. The molecule has 0 amide bonds. The molecule has 0 bridgehead atoms. The Hall–Kier alpha value is -2.05. The summed E-state index contributed by atoms with van der Waals surface area (Å²) in [6.07, 6.45) is 0. The van der Waals surface area contributed by atoms with Gasteiger partial charge >= 0.3 is 0 Å². The van der Waals surface area contributed by atoms with Crippen LogP contribution in [0.1, 0.15) is 11.1 Å². The molecule has 7 heteroatoms. The second kappa shape index (κ2) is 7.02. The predicted octanol–water partition coefficient (Wildman–Crippen LogP) is 3.33. The molecular formula is C16H18ClN3O2S. The lowest BCUT2D eigenvalue weighted by Crippen LogP contribution is -2.13. The van der Waals surface area contributed by atoms with E-state index in [1.54, 1.807) is 24.3 Å². The molecule has 0 aliphatic heterocycles. The molecule has 2 aromatic rings. The Morgan fingerprint density at radius 1 is 1.13 bits per heavy atom. The number of nitrogens with zero attached hydrogens (tertiary/aromatic N) is 1. The molecular weight excluding hydrogens is 334 g/mol. The van der Waals surface area contributed by atoms with E-state index in [9.17, 15) is 8.42 Å². The van der Waals surface area contributed by atoms with Gasteiger partial charge in [0.05, 0.1) is 16.5 Å². The van der Waals surface area contributed by atoms with E-state index < -0.39 is 10.0 Å². The van der Waals surface area contributed by atoms with Crippen LogP contribution in [0, 0.1) is 13.8 Å². The van der Waals surface area contributed by atoms with Crippen LogP contribution in [0.25, 0.3) is 0 Å². The van der Waals surface area contributed by atoms with Gasteiger partial charge in [0.2, 0.25) is 0 Å². The molecule has 2 aromatic carbocycles. The van der Waals surface area contributed by atoms with Gasteiger partial charge in [0.1, 0.15) is 5.84 Å². The van der Waals surface area contributed by atoms with E-state index in [0.29, 0.717) is 11.4 Å². The van der Waals surface area contributed by atoms with Crippen molar-refractivity contribution in [3.05, 3.63) is 53.6 Å². The first-order valence-electron chi connectivity index (χ1n) is 6.91. The van der Waals surface area contributed by atoms with Crippen molar-refractivity contribution in [1.29, 1.82) is 0 Å². The number of nitrogens with one attached hydrogen (secondary N) is 1. The average molecular weight is 352 g/mol. The molecule has 0 atom stereocenters. The third kappa shape index (κ3) is 4.46. The molecule has 23 heavy (non-hydrogen) atoms. The summed E-state index contributed by atoms with van der Waals surface area (Å²) in [7, 11) is -3.65. The molecule has 0 heterocycles.